The first-order valence-electron chi connectivity index (χ1n) is 4.55. The zero-order valence-corrected chi connectivity index (χ0v) is 9.31. The van der Waals surface area contributed by atoms with Gasteiger partial charge in [0, 0.05) is 6.42 Å². The molecular weight excluding hydrogens is 164 g/mol. The SMILES string of the molecule is C=C1C=C(O[Si](C)(C)C)CCC1. The molecule has 0 aliphatic heterocycles. The highest BCUT2D eigenvalue weighted by Crippen LogP contribution is 2.24. The van der Waals surface area contributed by atoms with Crippen LogP contribution >= 0.6 is 0 Å². The summed E-state index contributed by atoms with van der Waals surface area (Å²) in [4.78, 5) is 0. The van der Waals surface area contributed by atoms with Gasteiger partial charge in [0.05, 0.1) is 5.76 Å². The van der Waals surface area contributed by atoms with Crippen LogP contribution in [0.3, 0.4) is 0 Å². The maximum atomic E-state index is 5.89. The van der Waals surface area contributed by atoms with Crippen molar-refractivity contribution in [3.05, 3.63) is 24.0 Å². The zero-order valence-electron chi connectivity index (χ0n) is 8.31. The van der Waals surface area contributed by atoms with E-state index in [1.807, 2.05) is 0 Å². The lowest BCUT2D eigenvalue weighted by Crippen LogP contribution is -2.25. The van der Waals surface area contributed by atoms with E-state index < -0.39 is 8.32 Å². The second-order valence-corrected chi connectivity index (χ2v) is 8.77. The number of hydrogen-bond acceptors (Lipinski definition) is 1. The van der Waals surface area contributed by atoms with Gasteiger partial charge in [-0.05, 0) is 38.6 Å². The third-order valence-electron chi connectivity index (χ3n) is 1.72. The highest BCUT2D eigenvalue weighted by molar-refractivity contribution is 6.70. The molecule has 0 bridgehead atoms. The Labute approximate surface area is 76.3 Å². The average molecular weight is 182 g/mol. The van der Waals surface area contributed by atoms with Gasteiger partial charge in [-0.2, -0.15) is 0 Å². The van der Waals surface area contributed by atoms with Crippen LogP contribution in [0.5, 0.6) is 0 Å². The summed E-state index contributed by atoms with van der Waals surface area (Å²) in [6.07, 6.45) is 5.55. The molecule has 1 aliphatic carbocycles. The summed E-state index contributed by atoms with van der Waals surface area (Å²) < 4.78 is 5.89. The summed E-state index contributed by atoms with van der Waals surface area (Å²) in [5, 5.41) is 0. The lowest BCUT2D eigenvalue weighted by Gasteiger charge is -2.24. The number of allylic oxidation sites excluding steroid dienone is 3. The maximum absolute atomic E-state index is 5.89. The Kier molecular flexibility index (Phi) is 2.78. The molecular formula is C10H18OSi. The van der Waals surface area contributed by atoms with Gasteiger partial charge in [-0.1, -0.05) is 12.2 Å². The van der Waals surface area contributed by atoms with Crippen LogP contribution in [0.4, 0.5) is 0 Å². The van der Waals surface area contributed by atoms with Gasteiger partial charge in [0.1, 0.15) is 0 Å². The third kappa shape index (κ3) is 3.26. The highest BCUT2D eigenvalue weighted by Gasteiger charge is 2.18. The molecule has 12 heavy (non-hydrogen) atoms. The molecule has 0 radical (unpaired) electrons. The first kappa shape index (κ1) is 9.58. The summed E-state index contributed by atoms with van der Waals surface area (Å²) >= 11 is 0. The van der Waals surface area contributed by atoms with Crippen molar-refractivity contribution >= 4 is 8.32 Å². The fourth-order valence-electron chi connectivity index (χ4n) is 1.34. The van der Waals surface area contributed by atoms with Crippen LogP contribution in [0.15, 0.2) is 24.0 Å². The van der Waals surface area contributed by atoms with Crippen LogP contribution < -0.4 is 0 Å². The van der Waals surface area contributed by atoms with E-state index in [-0.39, 0.29) is 0 Å². The second-order valence-electron chi connectivity index (χ2n) is 4.34. The molecule has 0 heterocycles. The minimum Gasteiger partial charge on any atom is -0.547 e. The second kappa shape index (κ2) is 3.48. The third-order valence-corrected chi connectivity index (χ3v) is 2.60. The molecule has 0 aromatic rings. The Morgan fingerprint density at radius 3 is 2.50 bits per heavy atom. The van der Waals surface area contributed by atoms with E-state index in [1.54, 1.807) is 0 Å². The summed E-state index contributed by atoms with van der Waals surface area (Å²) in [6.45, 7) is 10.6. The largest absolute Gasteiger partial charge is 0.547 e. The van der Waals surface area contributed by atoms with Crippen LogP contribution in [0.1, 0.15) is 19.3 Å². The van der Waals surface area contributed by atoms with Crippen molar-refractivity contribution in [2.24, 2.45) is 0 Å². The summed E-state index contributed by atoms with van der Waals surface area (Å²) in [5.41, 5.74) is 1.22. The van der Waals surface area contributed by atoms with E-state index in [4.69, 9.17) is 4.43 Å². The standard InChI is InChI=1S/C10H18OSi/c1-9-6-5-7-10(8-9)11-12(2,3)4/h8H,1,5-7H2,2-4H3. The van der Waals surface area contributed by atoms with Crippen LogP contribution in [-0.4, -0.2) is 8.32 Å². The first-order valence-corrected chi connectivity index (χ1v) is 7.95. The molecule has 0 fully saturated rings. The van der Waals surface area contributed by atoms with E-state index in [1.165, 1.54) is 12.0 Å². The van der Waals surface area contributed by atoms with E-state index in [2.05, 4.69) is 32.3 Å². The Hall–Kier alpha value is -0.503. The monoisotopic (exact) mass is 182 g/mol. The minimum atomic E-state index is -1.38. The van der Waals surface area contributed by atoms with Crippen molar-refractivity contribution < 1.29 is 4.43 Å². The quantitative estimate of drug-likeness (QED) is 0.594. The van der Waals surface area contributed by atoms with Crippen molar-refractivity contribution in [2.45, 2.75) is 38.9 Å². The zero-order chi connectivity index (χ0) is 9.19. The van der Waals surface area contributed by atoms with Crippen molar-refractivity contribution in [3.8, 4) is 0 Å². The van der Waals surface area contributed by atoms with Crippen LogP contribution in [0.25, 0.3) is 0 Å². The van der Waals surface area contributed by atoms with Gasteiger partial charge in [0.15, 0.2) is 0 Å². The van der Waals surface area contributed by atoms with Crippen molar-refractivity contribution in [1.29, 1.82) is 0 Å². The van der Waals surface area contributed by atoms with Crippen molar-refractivity contribution in [3.63, 3.8) is 0 Å². The lowest BCUT2D eigenvalue weighted by molar-refractivity contribution is 0.388. The maximum Gasteiger partial charge on any atom is 0.241 e. The fraction of sp³-hybridized carbons (Fsp3) is 0.600. The molecule has 1 rings (SSSR count). The lowest BCUT2D eigenvalue weighted by atomic mass is 10.0. The molecule has 0 saturated heterocycles. The van der Waals surface area contributed by atoms with E-state index >= 15 is 0 Å². The Morgan fingerprint density at radius 1 is 1.33 bits per heavy atom. The molecule has 0 atom stereocenters. The van der Waals surface area contributed by atoms with Crippen LogP contribution in [0.2, 0.25) is 19.6 Å². The predicted molar refractivity (Wildman–Crippen MR) is 55.5 cm³/mol. The molecule has 0 aromatic carbocycles. The molecule has 1 aliphatic rings. The van der Waals surface area contributed by atoms with Crippen LogP contribution in [0, 0.1) is 0 Å². The topological polar surface area (TPSA) is 9.23 Å². The summed E-state index contributed by atoms with van der Waals surface area (Å²) in [6, 6.07) is 0. The molecule has 0 saturated carbocycles. The van der Waals surface area contributed by atoms with Gasteiger partial charge in [0.25, 0.3) is 0 Å². The van der Waals surface area contributed by atoms with Crippen molar-refractivity contribution in [2.75, 3.05) is 0 Å². The van der Waals surface area contributed by atoms with Crippen LogP contribution in [-0.2, 0) is 4.43 Å². The first-order chi connectivity index (χ1) is 5.47. The van der Waals surface area contributed by atoms with Gasteiger partial charge >= 0.3 is 0 Å². The van der Waals surface area contributed by atoms with Crippen molar-refractivity contribution in [1.82, 2.24) is 0 Å². The number of hydrogen-bond donors (Lipinski definition) is 0. The predicted octanol–water partition coefficient (Wildman–Crippen LogP) is 3.46. The van der Waals surface area contributed by atoms with Gasteiger partial charge in [0.2, 0.25) is 8.32 Å². The fourth-order valence-corrected chi connectivity index (χ4v) is 2.28. The Balaban J connectivity index is 2.57. The molecule has 2 heteroatoms. The normalized spacial score (nSPS) is 18.9. The smallest absolute Gasteiger partial charge is 0.241 e. The van der Waals surface area contributed by atoms with E-state index in [0.29, 0.717) is 0 Å². The van der Waals surface area contributed by atoms with E-state index in [9.17, 15) is 0 Å². The van der Waals surface area contributed by atoms with E-state index in [0.717, 1.165) is 18.6 Å². The van der Waals surface area contributed by atoms with Gasteiger partial charge in [-0.3, -0.25) is 0 Å². The number of rotatable bonds is 2. The van der Waals surface area contributed by atoms with Gasteiger partial charge < -0.3 is 4.43 Å². The molecule has 68 valence electrons. The highest BCUT2D eigenvalue weighted by atomic mass is 28.4. The average Bonchev–Trinajstić information content (AvgIpc) is 1.82. The molecule has 0 unspecified atom stereocenters. The molecule has 0 amide bonds. The Bertz CT molecular complexity index is 210. The molecule has 0 aromatic heterocycles. The molecule has 0 spiro atoms. The van der Waals surface area contributed by atoms with Gasteiger partial charge in [-0.15, -0.1) is 0 Å². The van der Waals surface area contributed by atoms with Gasteiger partial charge in [-0.25, -0.2) is 0 Å². The minimum absolute atomic E-state index is 1.10. The Morgan fingerprint density at radius 2 is 2.00 bits per heavy atom. The molecule has 1 nitrogen and oxygen atoms in total. The summed E-state index contributed by atoms with van der Waals surface area (Å²) in [7, 11) is -1.38. The molecule has 0 N–H and O–H groups in total. The summed E-state index contributed by atoms with van der Waals surface area (Å²) in [5.74, 6) is 1.16.